The Hall–Kier alpha value is -2.96. The van der Waals surface area contributed by atoms with Crippen molar-refractivity contribution in [2.24, 2.45) is 0 Å². The second kappa shape index (κ2) is 6.33. The van der Waals surface area contributed by atoms with E-state index in [1.165, 1.54) is 0 Å². The summed E-state index contributed by atoms with van der Waals surface area (Å²) in [4.78, 5) is 17.3. The van der Waals surface area contributed by atoms with Gasteiger partial charge < -0.3 is 4.90 Å². The Balaban J connectivity index is 1.40. The molecule has 7 heteroatoms. The molecule has 0 spiro atoms. The van der Waals surface area contributed by atoms with Crippen LogP contribution in [0.2, 0.25) is 0 Å². The van der Waals surface area contributed by atoms with E-state index < -0.39 is 0 Å². The molecule has 1 amide bonds. The molecule has 0 saturated carbocycles. The largest absolute Gasteiger partial charge is 0.332 e. The molecule has 2 unspecified atom stereocenters. The van der Waals surface area contributed by atoms with Crippen molar-refractivity contribution in [1.82, 2.24) is 29.7 Å². The number of piperidine rings is 1. The number of aromatic nitrogens is 5. The highest BCUT2D eigenvalue weighted by molar-refractivity contribution is 5.96. The quantitative estimate of drug-likeness (QED) is 0.718. The molecule has 1 aromatic carbocycles. The van der Waals surface area contributed by atoms with Gasteiger partial charge in [-0.2, -0.15) is 20.1 Å². The Morgan fingerprint density at radius 3 is 2.30 bits per heavy atom. The fourth-order valence-corrected chi connectivity index (χ4v) is 4.67. The van der Waals surface area contributed by atoms with Crippen LogP contribution in [0.5, 0.6) is 0 Å². The van der Waals surface area contributed by atoms with Crippen molar-refractivity contribution in [3.63, 3.8) is 0 Å². The van der Waals surface area contributed by atoms with Gasteiger partial charge >= 0.3 is 0 Å². The number of carbonyl (C=O) groups is 1. The number of benzene rings is 1. The molecule has 3 aromatic rings. The van der Waals surface area contributed by atoms with E-state index >= 15 is 0 Å². The van der Waals surface area contributed by atoms with Crippen molar-refractivity contribution < 1.29 is 4.79 Å². The van der Waals surface area contributed by atoms with Crippen molar-refractivity contribution in [1.29, 1.82) is 0 Å². The lowest BCUT2D eigenvalue weighted by molar-refractivity contribution is 0.0511. The molecule has 27 heavy (non-hydrogen) atoms. The third-order valence-electron chi connectivity index (χ3n) is 5.95. The zero-order valence-electron chi connectivity index (χ0n) is 15.3. The highest BCUT2D eigenvalue weighted by atomic mass is 16.2. The van der Waals surface area contributed by atoms with E-state index in [9.17, 15) is 4.79 Å². The minimum Gasteiger partial charge on any atom is -0.332 e. The Morgan fingerprint density at radius 2 is 1.63 bits per heavy atom. The molecule has 2 saturated heterocycles. The SMILES string of the molecule is Cc1c(C(=O)N2C3CCC2CC(n2nccn2)C3)cnn1-c1ccccc1. The maximum absolute atomic E-state index is 13.4. The van der Waals surface area contributed by atoms with Gasteiger partial charge in [-0.25, -0.2) is 4.68 Å². The van der Waals surface area contributed by atoms with Crippen LogP contribution in [0.1, 0.15) is 47.8 Å². The molecule has 7 nitrogen and oxygen atoms in total. The number of hydrogen-bond donors (Lipinski definition) is 0. The van der Waals surface area contributed by atoms with Crippen molar-refractivity contribution in [2.75, 3.05) is 0 Å². The molecule has 2 aliphatic heterocycles. The second-order valence-corrected chi connectivity index (χ2v) is 7.46. The molecule has 5 rings (SSSR count). The maximum Gasteiger partial charge on any atom is 0.257 e. The average molecular weight is 362 g/mol. The smallest absolute Gasteiger partial charge is 0.257 e. The van der Waals surface area contributed by atoms with E-state index in [1.807, 2.05) is 46.7 Å². The summed E-state index contributed by atoms with van der Waals surface area (Å²) in [6.45, 7) is 1.97. The summed E-state index contributed by atoms with van der Waals surface area (Å²) >= 11 is 0. The molecule has 2 fully saturated rings. The highest BCUT2D eigenvalue weighted by Crippen LogP contribution is 2.41. The van der Waals surface area contributed by atoms with Gasteiger partial charge in [-0.1, -0.05) is 18.2 Å². The fraction of sp³-hybridized carbons (Fsp3) is 0.400. The minimum atomic E-state index is 0.106. The van der Waals surface area contributed by atoms with Gasteiger partial charge in [0.25, 0.3) is 5.91 Å². The summed E-state index contributed by atoms with van der Waals surface area (Å²) in [5.41, 5.74) is 2.56. The summed E-state index contributed by atoms with van der Waals surface area (Å²) in [5, 5.41) is 13.1. The first kappa shape index (κ1) is 16.2. The third-order valence-corrected chi connectivity index (χ3v) is 5.95. The first-order chi connectivity index (χ1) is 13.2. The number of para-hydroxylation sites is 1. The molecule has 2 bridgehead atoms. The number of fused-ring (bicyclic) bond motifs is 2. The van der Waals surface area contributed by atoms with Gasteiger partial charge in [0.2, 0.25) is 0 Å². The van der Waals surface area contributed by atoms with Gasteiger partial charge in [0.15, 0.2) is 0 Å². The Labute approximate surface area is 157 Å². The van der Waals surface area contributed by atoms with E-state index in [4.69, 9.17) is 0 Å². The molecule has 0 radical (unpaired) electrons. The Morgan fingerprint density at radius 1 is 0.963 bits per heavy atom. The van der Waals surface area contributed by atoms with Crippen LogP contribution in [0.25, 0.3) is 5.69 Å². The average Bonchev–Trinajstić information content (AvgIpc) is 3.41. The van der Waals surface area contributed by atoms with Gasteiger partial charge in [0.1, 0.15) is 0 Å². The number of hydrogen-bond acceptors (Lipinski definition) is 4. The fourth-order valence-electron chi connectivity index (χ4n) is 4.67. The highest BCUT2D eigenvalue weighted by Gasteiger charge is 2.45. The van der Waals surface area contributed by atoms with Gasteiger partial charge in [-0.3, -0.25) is 4.79 Å². The topological polar surface area (TPSA) is 68.8 Å². The van der Waals surface area contributed by atoms with Crippen molar-refractivity contribution in [3.8, 4) is 5.69 Å². The molecule has 0 aliphatic carbocycles. The first-order valence-electron chi connectivity index (χ1n) is 9.51. The monoisotopic (exact) mass is 362 g/mol. The zero-order valence-corrected chi connectivity index (χ0v) is 15.3. The van der Waals surface area contributed by atoms with Gasteiger partial charge in [0.05, 0.1) is 41.6 Å². The van der Waals surface area contributed by atoms with Crippen molar-refractivity contribution >= 4 is 5.91 Å². The normalized spacial score (nSPS) is 24.3. The summed E-state index contributed by atoms with van der Waals surface area (Å²) in [6.07, 6.45) is 9.11. The lowest BCUT2D eigenvalue weighted by Crippen LogP contribution is -2.47. The standard InChI is InChI=1S/C20H22N6O/c1-14-19(13-23-25(14)15-5-3-2-4-6-15)20(27)24-16-7-8-17(24)12-18(11-16)26-21-9-10-22-26/h2-6,9-10,13,16-18H,7-8,11-12H2,1H3. The van der Waals surface area contributed by atoms with Crippen LogP contribution in [0.15, 0.2) is 48.9 Å². The van der Waals surface area contributed by atoms with Gasteiger partial charge in [-0.05, 0) is 44.7 Å². The predicted molar refractivity (Wildman–Crippen MR) is 99.6 cm³/mol. The van der Waals surface area contributed by atoms with E-state index in [0.29, 0.717) is 5.56 Å². The minimum absolute atomic E-state index is 0.106. The Bertz CT molecular complexity index is 934. The van der Waals surface area contributed by atoms with Gasteiger partial charge in [0, 0.05) is 12.1 Å². The molecular weight excluding hydrogens is 340 g/mol. The van der Waals surface area contributed by atoms with Crippen LogP contribution in [0.3, 0.4) is 0 Å². The van der Waals surface area contributed by atoms with Crippen LogP contribution in [-0.4, -0.2) is 47.7 Å². The molecule has 138 valence electrons. The van der Waals surface area contributed by atoms with Crippen LogP contribution in [-0.2, 0) is 0 Å². The number of rotatable bonds is 3. The first-order valence-corrected chi connectivity index (χ1v) is 9.51. The zero-order chi connectivity index (χ0) is 18.4. The van der Waals surface area contributed by atoms with E-state index in [0.717, 1.165) is 37.1 Å². The van der Waals surface area contributed by atoms with Crippen molar-refractivity contribution in [3.05, 3.63) is 60.2 Å². The summed E-state index contributed by atoms with van der Waals surface area (Å²) < 4.78 is 1.84. The van der Waals surface area contributed by atoms with Gasteiger partial charge in [-0.15, -0.1) is 0 Å². The summed E-state index contributed by atoms with van der Waals surface area (Å²) in [7, 11) is 0. The van der Waals surface area contributed by atoms with E-state index in [-0.39, 0.29) is 24.0 Å². The third kappa shape index (κ3) is 2.65. The van der Waals surface area contributed by atoms with Crippen LogP contribution in [0.4, 0.5) is 0 Å². The van der Waals surface area contributed by atoms with Crippen LogP contribution >= 0.6 is 0 Å². The molecule has 4 heterocycles. The molecule has 2 atom stereocenters. The number of nitrogens with zero attached hydrogens (tertiary/aromatic N) is 6. The van der Waals surface area contributed by atoms with E-state index in [1.54, 1.807) is 18.6 Å². The van der Waals surface area contributed by atoms with Crippen LogP contribution in [0, 0.1) is 6.92 Å². The van der Waals surface area contributed by atoms with E-state index in [2.05, 4.69) is 20.2 Å². The molecule has 0 N–H and O–H groups in total. The maximum atomic E-state index is 13.4. The van der Waals surface area contributed by atoms with Crippen LogP contribution < -0.4 is 0 Å². The summed E-state index contributed by atoms with van der Waals surface area (Å²) in [5.74, 6) is 0.106. The molecule has 2 aliphatic rings. The Kier molecular flexibility index (Phi) is 3.81. The molecule has 2 aromatic heterocycles. The predicted octanol–water partition coefficient (Wildman–Crippen LogP) is 2.78. The summed E-state index contributed by atoms with van der Waals surface area (Å²) in [6, 6.07) is 10.7. The second-order valence-electron chi connectivity index (χ2n) is 7.46. The number of amides is 1. The molecular formula is C20H22N6O. The van der Waals surface area contributed by atoms with Crippen molar-refractivity contribution in [2.45, 2.75) is 50.7 Å². The number of carbonyl (C=O) groups excluding carboxylic acids is 1. The lowest BCUT2D eigenvalue weighted by atomic mass is 9.97. The lowest BCUT2D eigenvalue weighted by Gasteiger charge is -2.38.